The Bertz CT molecular complexity index is 188. The first-order chi connectivity index (χ1) is 8.66. The van der Waals surface area contributed by atoms with Gasteiger partial charge in [0.05, 0.1) is 6.61 Å². The molecule has 0 aliphatic heterocycles. The van der Waals surface area contributed by atoms with Crippen LogP contribution in [-0.2, 0) is 9.53 Å². The fourth-order valence-electron chi connectivity index (χ4n) is 1.99. The van der Waals surface area contributed by atoms with Crippen LogP contribution >= 0.6 is 0 Å². The van der Waals surface area contributed by atoms with Crippen molar-refractivity contribution in [3.05, 3.63) is 0 Å². The zero-order chi connectivity index (χ0) is 13.6. The second-order valence-electron chi connectivity index (χ2n) is 5.65. The number of carbonyl (C=O) groups is 1. The van der Waals surface area contributed by atoms with Crippen molar-refractivity contribution in [1.82, 2.24) is 0 Å². The lowest BCUT2D eigenvalue weighted by atomic mass is 10.1. The first-order valence-corrected chi connectivity index (χ1v) is 7.82. The molecule has 0 spiro atoms. The number of esters is 1. The van der Waals surface area contributed by atoms with E-state index in [-0.39, 0.29) is 5.97 Å². The van der Waals surface area contributed by atoms with Gasteiger partial charge in [-0.2, -0.15) is 0 Å². The molecule has 0 heterocycles. The Labute approximate surface area is 113 Å². The Hall–Kier alpha value is -0.530. The van der Waals surface area contributed by atoms with Crippen molar-refractivity contribution in [2.24, 2.45) is 5.92 Å². The summed E-state index contributed by atoms with van der Waals surface area (Å²) < 4.78 is 5.17. The second kappa shape index (κ2) is 12.9. The molecular weight excluding hydrogens is 224 g/mol. The zero-order valence-corrected chi connectivity index (χ0v) is 12.7. The van der Waals surface area contributed by atoms with Crippen LogP contribution in [0.1, 0.15) is 85.0 Å². The monoisotopic (exact) mass is 256 g/mol. The third kappa shape index (κ3) is 13.5. The van der Waals surface area contributed by atoms with E-state index in [1.165, 1.54) is 51.4 Å². The molecule has 0 rings (SSSR count). The van der Waals surface area contributed by atoms with Gasteiger partial charge < -0.3 is 4.74 Å². The van der Waals surface area contributed by atoms with Gasteiger partial charge in [-0.15, -0.1) is 0 Å². The van der Waals surface area contributed by atoms with Crippen LogP contribution in [0.5, 0.6) is 0 Å². The number of unbranched alkanes of at least 4 members (excludes halogenated alkanes) is 8. The van der Waals surface area contributed by atoms with Gasteiger partial charge in [0.25, 0.3) is 0 Å². The summed E-state index contributed by atoms with van der Waals surface area (Å²) in [6.07, 6.45) is 12.2. The Kier molecular flexibility index (Phi) is 12.5. The highest BCUT2D eigenvalue weighted by atomic mass is 16.5. The van der Waals surface area contributed by atoms with Gasteiger partial charge in [0, 0.05) is 6.42 Å². The highest BCUT2D eigenvalue weighted by molar-refractivity contribution is 5.69. The molecule has 0 fully saturated rings. The van der Waals surface area contributed by atoms with Crippen LogP contribution in [0.25, 0.3) is 0 Å². The molecule has 0 unspecified atom stereocenters. The Balaban J connectivity index is 3.09. The van der Waals surface area contributed by atoms with E-state index in [0.717, 1.165) is 6.42 Å². The molecule has 0 aliphatic rings. The standard InChI is InChI=1S/C16H32O2/c1-4-5-6-7-8-9-10-11-12-13-18-16(17)14-15(2)3/h15H,4-14H2,1-3H3. The van der Waals surface area contributed by atoms with E-state index >= 15 is 0 Å². The normalized spacial score (nSPS) is 10.9. The molecule has 0 aliphatic carbocycles. The quantitative estimate of drug-likeness (QED) is 0.358. The summed E-state index contributed by atoms with van der Waals surface area (Å²) in [6.45, 7) is 6.95. The maximum atomic E-state index is 11.3. The average molecular weight is 256 g/mol. The highest BCUT2D eigenvalue weighted by Gasteiger charge is 2.05. The van der Waals surface area contributed by atoms with Gasteiger partial charge in [0.15, 0.2) is 0 Å². The molecular formula is C16H32O2. The Morgan fingerprint density at radius 1 is 0.889 bits per heavy atom. The predicted molar refractivity (Wildman–Crippen MR) is 77.6 cm³/mol. The van der Waals surface area contributed by atoms with Crippen LogP contribution in [0.4, 0.5) is 0 Å². The molecule has 0 saturated carbocycles. The van der Waals surface area contributed by atoms with E-state index < -0.39 is 0 Å². The van der Waals surface area contributed by atoms with Gasteiger partial charge in [-0.05, 0) is 12.3 Å². The molecule has 0 aromatic heterocycles. The van der Waals surface area contributed by atoms with Crippen molar-refractivity contribution < 1.29 is 9.53 Å². The molecule has 0 amide bonds. The molecule has 0 atom stereocenters. The van der Waals surface area contributed by atoms with E-state index in [9.17, 15) is 4.79 Å². The summed E-state index contributed by atoms with van der Waals surface area (Å²) in [6, 6.07) is 0. The van der Waals surface area contributed by atoms with Crippen molar-refractivity contribution in [3.63, 3.8) is 0 Å². The third-order valence-electron chi connectivity index (χ3n) is 3.09. The Morgan fingerprint density at radius 3 is 1.89 bits per heavy atom. The van der Waals surface area contributed by atoms with Gasteiger partial charge in [-0.25, -0.2) is 0 Å². The minimum atomic E-state index is -0.0374. The van der Waals surface area contributed by atoms with Crippen LogP contribution in [0.2, 0.25) is 0 Å². The molecule has 0 bridgehead atoms. The fraction of sp³-hybridized carbons (Fsp3) is 0.938. The van der Waals surface area contributed by atoms with E-state index in [0.29, 0.717) is 18.9 Å². The molecule has 108 valence electrons. The van der Waals surface area contributed by atoms with Crippen LogP contribution in [-0.4, -0.2) is 12.6 Å². The topological polar surface area (TPSA) is 26.3 Å². The first kappa shape index (κ1) is 17.5. The van der Waals surface area contributed by atoms with Crippen LogP contribution in [0.15, 0.2) is 0 Å². The molecule has 2 nitrogen and oxygen atoms in total. The summed E-state index contributed by atoms with van der Waals surface area (Å²) in [4.78, 5) is 11.3. The summed E-state index contributed by atoms with van der Waals surface area (Å²) in [5.74, 6) is 0.366. The maximum Gasteiger partial charge on any atom is 0.306 e. The van der Waals surface area contributed by atoms with Crippen molar-refractivity contribution >= 4 is 5.97 Å². The number of hydrogen-bond donors (Lipinski definition) is 0. The van der Waals surface area contributed by atoms with Crippen molar-refractivity contribution in [1.29, 1.82) is 0 Å². The second-order valence-corrected chi connectivity index (χ2v) is 5.65. The predicted octanol–water partition coefficient (Wildman–Crippen LogP) is 5.11. The summed E-state index contributed by atoms with van der Waals surface area (Å²) in [5, 5.41) is 0. The van der Waals surface area contributed by atoms with Gasteiger partial charge >= 0.3 is 5.97 Å². The van der Waals surface area contributed by atoms with Gasteiger partial charge in [0.1, 0.15) is 0 Å². The molecule has 0 N–H and O–H groups in total. The summed E-state index contributed by atoms with van der Waals surface area (Å²) >= 11 is 0. The van der Waals surface area contributed by atoms with Gasteiger partial charge in [-0.3, -0.25) is 4.79 Å². The lowest BCUT2D eigenvalue weighted by Gasteiger charge is -2.06. The number of rotatable bonds is 12. The largest absolute Gasteiger partial charge is 0.466 e. The van der Waals surface area contributed by atoms with Crippen molar-refractivity contribution in [2.75, 3.05) is 6.61 Å². The number of carbonyl (C=O) groups excluding carboxylic acids is 1. The minimum absolute atomic E-state index is 0.0374. The molecule has 18 heavy (non-hydrogen) atoms. The minimum Gasteiger partial charge on any atom is -0.466 e. The summed E-state index contributed by atoms with van der Waals surface area (Å²) in [7, 11) is 0. The Morgan fingerprint density at radius 2 is 1.39 bits per heavy atom. The molecule has 0 aromatic rings. The maximum absolute atomic E-state index is 11.3. The van der Waals surface area contributed by atoms with Crippen LogP contribution in [0.3, 0.4) is 0 Å². The SMILES string of the molecule is CCCCCCCCCCCOC(=O)CC(C)C. The van der Waals surface area contributed by atoms with E-state index in [4.69, 9.17) is 4.74 Å². The molecule has 0 saturated heterocycles. The summed E-state index contributed by atoms with van der Waals surface area (Å²) in [5.41, 5.74) is 0. The molecule has 2 heteroatoms. The van der Waals surface area contributed by atoms with E-state index in [1.54, 1.807) is 0 Å². The van der Waals surface area contributed by atoms with Crippen molar-refractivity contribution in [2.45, 2.75) is 85.0 Å². The number of ether oxygens (including phenoxy) is 1. The molecule has 0 aromatic carbocycles. The third-order valence-corrected chi connectivity index (χ3v) is 3.09. The van der Waals surface area contributed by atoms with Crippen LogP contribution < -0.4 is 0 Å². The number of hydrogen-bond acceptors (Lipinski definition) is 2. The van der Waals surface area contributed by atoms with Crippen molar-refractivity contribution in [3.8, 4) is 0 Å². The van der Waals surface area contributed by atoms with Crippen LogP contribution in [0, 0.1) is 5.92 Å². The first-order valence-electron chi connectivity index (χ1n) is 7.82. The van der Waals surface area contributed by atoms with E-state index in [1.807, 2.05) is 13.8 Å². The van der Waals surface area contributed by atoms with Gasteiger partial charge in [0.2, 0.25) is 0 Å². The highest BCUT2D eigenvalue weighted by Crippen LogP contribution is 2.09. The van der Waals surface area contributed by atoms with Gasteiger partial charge in [-0.1, -0.05) is 72.1 Å². The fourth-order valence-corrected chi connectivity index (χ4v) is 1.99. The smallest absolute Gasteiger partial charge is 0.306 e. The average Bonchev–Trinajstić information content (AvgIpc) is 2.30. The van der Waals surface area contributed by atoms with E-state index in [2.05, 4.69) is 6.92 Å². The zero-order valence-electron chi connectivity index (χ0n) is 12.7. The molecule has 0 radical (unpaired) electrons. The lowest BCUT2D eigenvalue weighted by Crippen LogP contribution is -2.08. The lowest BCUT2D eigenvalue weighted by molar-refractivity contribution is -0.144.